The van der Waals surface area contributed by atoms with E-state index < -0.39 is 5.97 Å². The first-order valence-electron chi connectivity index (χ1n) is 4.81. The molecule has 0 aromatic heterocycles. The second-order valence-corrected chi connectivity index (χ2v) is 3.57. The maximum atomic E-state index is 11.0. The average Bonchev–Trinajstić information content (AvgIpc) is 2.15. The third-order valence-corrected chi connectivity index (χ3v) is 1.80. The van der Waals surface area contributed by atoms with Crippen LogP contribution in [-0.2, 0) is 9.53 Å². The molecule has 0 saturated heterocycles. The van der Waals surface area contributed by atoms with Crippen molar-refractivity contribution in [1.82, 2.24) is 10.2 Å². The summed E-state index contributed by atoms with van der Waals surface area (Å²) in [6.07, 6.45) is 1.68. The van der Waals surface area contributed by atoms with E-state index in [0.717, 1.165) is 18.8 Å². The molecule has 1 N–H and O–H groups in total. The summed E-state index contributed by atoms with van der Waals surface area (Å²) in [5.41, 5.74) is 1.26. The van der Waals surface area contributed by atoms with Crippen LogP contribution in [0.2, 0.25) is 0 Å². The number of methoxy groups -OCH3 is 1. The molecule has 0 atom stereocenters. The van der Waals surface area contributed by atoms with Crippen molar-refractivity contribution in [3.63, 3.8) is 0 Å². The van der Waals surface area contributed by atoms with Gasteiger partial charge in [0, 0.05) is 18.8 Å². The van der Waals surface area contributed by atoms with Crippen LogP contribution in [0.3, 0.4) is 0 Å². The predicted molar refractivity (Wildman–Crippen MR) is 61.5 cm³/mol. The summed E-state index contributed by atoms with van der Waals surface area (Å²) in [7, 11) is 5.36. The maximum absolute atomic E-state index is 11.0. The summed E-state index contributed by atoms with van der Waals surface area (Å²) >= 11 is 0. The molecular formula is C11H20N2O2. The van der Waals surface area contributed by atoms with Crippen molar-refractivity contribution < 1.29 is 9.53 Å². The fourth-order valence-corrected chi connectivity index (χ4v) is 0.979. The second-order valence-electron chi connectivity index (χ2n) is 3.57. The Bertz CT molecular complexity index is 257. The molecule has 0 radical (unpaired) electrons. The van der Waals surface area contributed by atoms with Gasteiger partial charge in [-0.2, -0.15) is 0 Å². The lowest BCUT2D eigenvalue weighted by molar-refractivity contribution is -0.135. The van der Waals surface area contributed by atoms with Crippen molar-refractivity contribution >= 4 is 5.97 Å². The Kier molecular flexibility index (Phi) is 6.45. The quantitative estimate of drug-likeness (QED) is 0.401. The summed E-state index contributed by atoms with van der Waals surface area (Å²) in [4.78, 5) is 13.1. The van der Waals surface area contributed by atoms with Crippen molar-refractivity contribution in [3.05, 3.63) is 23.9 Å². The lowest BCUT2D eigenvalue weighted by Crippen LogP contribution is -2.25. The molecule has 0 aromatic carbocycles. The van der Waals surface area contributed by atoms with Gasteiger partial charge in [-0.1, -0.05) is 6.58 Å². The molecule has 0 amide bonds. The van der Waals surface area contributed by atoms with Gasteiger partial charge < -0.3 is 15.0 Å². The first-order chi connectivity index (χ1) is 6.97. The molecule has 0 aliphatic carbocycles. The van der Waals surface area contributed by atoms with Crippen LogP contribution in [0.4, 0.5) is 0 Å². The maximum Gasteiger partial charge on any atom is 0.337 e. The van der Waals surface area contributed by atoms with Gasteiger partial charge in [-0.25, -0.2) is 4.79 Å². The molecule has 0 rings (SSSR count). The van der Waals surface area contributed by atoms with Crippen LogP contribution in [0.1, 0.15) is 6.92 Å². The molecular weight excluding hydrogens is 192 g/mol. The largest absolute Gasteiger partial charge is 0.465 e. The van der Waals surface area contributed by atoms with Crippen molar-refractivity contribution in [2.45, 2.75) is 6.92 Å². The number of nitrogens with one attached hydrogen (secondary N) is 1. The zero-order valence-electron chi connectivity index (χ0n) is 9.96. The van der Waals surface area contributed by atoms with Crippen LogP contribution >= 0.6 is 0 Å². The van der Waals surface area contributed by atoms with Crippen molar-refractivity contribution in [1.29, 1.82) is 0 Å². The summed E-state index contributed by atoms with van der Waals surface area (Å²) in [5.74, 6) is -0.399. The molecule has 0 aliphatic heterocycles. The van der Waals surface area contributed by atoms with E-state index in [0.29, 0.717) is 5.57 Å². The van der Waals surface area contributed by atoms with Gasteiger partial charge in [-0.3, -0.25) is 0 Å². The van der Waals surface area contributed by atoms with Gasteiger partial charge >= 0.3 is 5.97 Å². The minimum absolute atomic E-state index is 0.354. The van der Waals surface area contributed by atoms with Crippen LogP contribution < -0.4 is 5.32 Å². The molecule has 4 heteroatoms. The van der Waals surface area contributed by atoms with E-state index in [2.05, 4.69) is 21.5 Å². The van der Waals surface area contributed by atoms with Gasteiger partial charge in [0.15, 0.2) is 0 Å². The molecule has 0 aromatic rings. The SMILES string of the molecule is C=C(/C=C(\C)NCCN(C)C)C(=O)OC. The van der Waals surface area contributed by atoms with Crippen LogP contribution in [-0.4, -0.2) is 45.2 Å². The lowest BCUT2D eigenvalue weighted by Gasteiger charge is -2.11. The van der Waals surface area contributed by atoms with E-state index in [1.54, 1.807) is 6.08 Å². The van der Waals surface area contributed by atoms with E-state index in [1.807, 2.05) is 21.0 Å². The number of likely N-dealkylation sites (N-methyl/N-ethyl adjacent to an activating group) is 1. The predicted octanol–water partition coefficient (Wildman–Crippen LogP) is 0.771. The molecule has 0 unspecified atom stereocenters. The molecule has 0 fully saturated rings. The van der Waals surface area contributed by atoms with E-state index in [-0.39, 0.29) is 0 Å². The number of allylic oxidation sites excluding steroid dienone is 1. The molecule has 0 saturated carbocycles. The van der Waals surface area contributed by atoms with Crippen LogP contribution in [0, 0.1) is 0 Å². The highest BCUT2D eigenvalue weighted by Crippen LogP contribution is 1.99. The number of nitrogens with zero attached hydrogens (tertiary/aromatic N) is 1. The molecule has 0 spiro atoms. The number of hydrogen-bond acceptors (Lipinski definition) is 4. The number of rotatable bonds is 6. The Morgan fingerprint density at radius 3 is 2.60 bits per heavy atom. The second kappa shape index (κ2) is 7.06. The van der Waals surface area contributed by atoms with Crippen molar-refractivity contribution in [3.8, 4) is 0 Å². The minimum Gasteiger partial charge on any atom is -0.465 e. The van der Waals surface area contributed by atoms with Crippen molar-refractivity contribution in [2.24, 2.45) is 0 Å². The van der Waals surface area contributed by atoms with E-state index >= 15 is 0 Å². The lowest BCUT2D eigenvalue weighted by atomic mass is 10.2. The monoisotopic (exact) mass is 212 g/mol. The Morgan fingerprint density at radius 2 is 2.13 bits per heavy atom. The molecule has 0 bridgehead atoms. The standard InChI is InChI=1S/C11H20N2O2/c1-9(11(14)15-5)8-10(2)12-6-7-13(3)4/h8,12H,1,6-7H2,2-5H3/b10-8+. The first kappa shape index (κ1) is 13.7. The molecule has 0 heterocycles. The molecule has 4 nitrogen and oxygen atoms in total. The summed E-state index contributed by atoms with van der Waals surface area (Å²) in [6, 6.07) is 0. The normalized spacial score (nSPS) is 11.4. The van der Waals surface area contributed by atoms with E-state index in [4.69, 9.17) is 0 Å². The van der Waals surface area contributed by atoms with Crippen LogP contribution in [0.5, 0.6) is 0 Å². The number of carbonyl (C=O) groups excluding carboxylic acids is 1. The highest BCUT2D eigenvalue weighted by molar-refractivity contribution is 5.90. The Hall–Kier alpha value is -1.29. The fraction of sp³-hybridized carbons (Fsp3) is 0.545. The topological polar surface area (TPSA) is 41.6 Å². The van der Waals surface area contributed by atoms with Gasteiger partial charge in [-0.15, -0.1) is 0 Å². The Balaban J connectivity index is 3.98. The van der Waals surface area contributed by atoms with Gasteiger partial charge in [0.05, 0.1) is 12.7 Å². The number of hydrogen-bond donors (Lipinski definition) is 1. The van der Waals surface area contributed by atoms with Gasteiger partial charge in [0.1, 0.15) is 0 Å². The Morgan fingerprint density at radius 1 is 1.53 bits per heavy atom. The van der Waals surface area contributed by atoms with E-state index in [9.17, 15) is 4.79 Å². The fourth-order valence-electron chi connectivity index (χ4n) is 0.979. The van der Waals surface area contributed by atoms with Crippen molar-refractivity contribution in [2.75, 3.05) is 34.3 Å². The van der Waals surface area contributed by atoms with Crippen LogP contribution in [0.15, 0.2) is 23.9 Å². The smallest absolute Gasteiger partial charge is 0.337 e. The molecule has 15 heavy (non-hydrogen) atoms. The summed E-state index contributed by atoms with van der Waals surface area (Å²) in [6.45, 7) is 7.28. The molecule has 86 valence electrons. The third kappa shape index (κ3) is 6.74. The summed E-state index contributed by atoms with van der Waals surface area (Å²) < 4.78 is 4.54. The molecule has 0 aliphatic rings. The van der Waals surface area contributed by atoms with Gasteiger partial charge in [0.25, 0.3) is 0 Å². The third-order valence-electron chi connectivity index (χ3n) is 1.80. The average molecular weight is 212 g/mol. The van der Waals surface area contributed by atoms with E-state index in [1.165, 1.54) is 7.11 Å². The highest BCUT2D eigenvalue weighted by Gasteiger charge is 2.03. The first-order valence-corrected chi connectivity index (χ1v) is 4.81. The van der Waals surface area contributed by atoms with Crippen LogP contribution in [0.25, 0.3) is 0 Å². The van der Waals surface area contributed by atoms with Gasteiger partial charge in [0.2, 0.25) is 0 Å². The zero-order valence-corrected chi connectivity index (χ0v) is 9.96. The highest BCUT2D eigenvalue weighted by atomic mass is 16.5. The number of carbonyl (C=O) groups is 1. The van der Waals surface area contributed by atoms with Gasteiger partial charge in [-0.05, 0) is 27.1 Å². The number of esters is 1. The Labute approximate surface area is 91.6 Å². The number of ether oxygens (including phenoxy) is 1. The summed E-state index contributed by atoms with van der Waals surface area (Å²) in [5, 5.41) is 3.17. The minimum atomic E-state index is -0.399. The zero-order chi connectivity index (χ0) is 11.8.